The third kappa shape index (κ3) is 3.15. The van der Waals surface area contributed by atoms with Crippen LogP contribution in [0.2, 0.25) is 0 Å². The molecule has 0 radical (unpaired) electrons. The lowest BCUT2D eigenvalue weighted by molar-refractivity contribution is 0.0898. The van der Waals surface area contributed by atoms with Gasteiger partial charge in [-0.3, -0.25) is 4.79 Å². The fraction of sp³-hybridized carbons (Fsp3) is 0.350. The van der Waals surface area contributed by atoms with Gasteiger partial charge in [-0.2, -0.15) is 4.31 Å². The maximum atomic E-state index is 13.2. The van der Waals surface area contributed by atoms with Crippen molar-refractivity contribution in [3.05, 3.63) is 59.2 Å². The Morgan fingerprint density at radius 2 is 1.73 bits per heavy atom. The van der Waals surface area contributed by atoms with E-state index in [2.05, 4.69) is 0 Å². The Labute approximate surface area is 154 Å². The van der Waals surface area contributed by atoms with Crippen molar-refractivity contribution in [2.75, 3.05) is 7.11 Å². The minimum Gasteiger partial charge on any atom is -0.497 e. The van der Waals surface area contributed by atoms with Crippen LogP contribution < -0.4 is 4.74 Å². The summed E-state index contributed by atoms with van der Waals surface area (Å²) in [6.45, 7) is 5.40. The number of fused-ring (bicyclic) bond motifs is 1. The number of hydrogen-bond acceptors (Lipinski definition) is 4. The van der Waals surface area contributed by atoms with Crippen molar-refractivity contribution in [2.45, 2.75) is 44.2 Å². The molecule has 1 aliphatic rings. The van der Waals surface area contributed by atoms with Crippen LogP contribution >= 0.6 is 0 Å². The predicted octanol–water partition coefficient (Wildman–Crippen LogP) is 3.21. The van der Waals surface area contributed by atoms with Crippen LogP contribution in [0.15, 0.2) is 47.4 Å². The maximum Gasteiger partial charge on any atom is 0.243 e. The topological polar surface area (TPSA) is 63.7 Å². The Bertz CT molecular complexity index is 935. The first-order valence-corrected chi connectivity index (χ1v) is 10.0. The van der Waals surface area contributed by atoms with Crippen LogP contribution in [0.3, 0.4) is 0 Å². The number of rotatable bonds is 3. The predicted molar refractivity (Wildman–Crippen MR) is 100 cm³/mol. The third-order valence-electron chi connectivity index (χ3n) is 4.89. The van der Waals surface area contributed by atoms with Gasteiger partial charge in [0.2, 0.25) is 10.0 Å². The molecule has 2 atom stereocenters. The highest BCUT2D eigenvalue weighted by Crippen LogP contribution is 2.31. The molecule has 0 aromatic heterocycles. The molecular weight excluding hydrogens is 350 g/mol. The quantitative estimate of drug-likeness (QED) is 0.829. The Hall–Kier alpha value is -2.18. The summed E-state index contributed by atoms with van der Waals surface area (Å²) in [5.41, 5.74) is 2.36. The molecule has 0 fully saturated rings. The van der Waals surface area contributed by atoms with Crippen molar-refractivity contribution >= 4 is 15.8 Å². The van der Waals surface area contributed by atoms with E-state index in [9.17, 15) is 13.2 Å². The first kappa shape index (κ1) is 18.6. The number of nitrogens with zero attached hydrogens (tertiary/aromatic N) is 1. The van der Waals surface area contributed by atoms with Crippen LogP contribution in [0.4, 0.5) is 0 Å². The largest absolute Gasteiger partial charge is 0.497 e. The number of carbonyl (C=O) groups excluding carboxylic acids is 1. The van der Waals surface area contributed by atoms with Gasteiger partial charge in [-0.05, 0) is 63.1 Å². The van der Waals surface area contributed by atoms with Gasteiger partial charge in [-0.25, -0.2) is 8.42 Å². The highest BCUT2D eigenvalue weighted by molar-refractivity contribution is 7.89. The van der Waals surface area contributed by atoms with E-state index in [1.165, 1.54) is 4.31 Å². The highest BCUT2D eigenvalue weighted by atomic mass is 32.2. The molecule has 3 rings (SSSR count). The third-order valence-corrected chi connectivity index (χ3v) is 6.98. The first-order chi connectivity index (χ1) is 12.3. The van der Waals surface area contributed by atoms with E-state index >= 15 is 0 Å². The monoisotopic (exact) mass is 373 g/mol. The molecule has 0 saturated heterocycles. The number of ketones is 1. The van der Waals surface area contributed by atoms with Gasteiger partial charge < -0.3 is 4.74 Å². The van der Waals surface area contributed by atoms with E-state index < -0.39 is 16.1 Å². The molecule has 6 heteroatoms. The minimum atomic E-state index is -3.79. The van der Waals surface area contributed by atoms with E-state index in [-0.39, 0.29) is 16.7 Å². The molecule has 1 heterocycles. The van der Waals surface area contributed by atoms with Gasteiger partial charge in [-0.1, -0.05) is 17.7 Å². The molecule has 2 aromatic rings. The number of methoxy groups -OCH3 is 1. The van der Waals surface area contributed by atoms with Gasteiger partial charge in [0.15, 0.2) is 5.78 Å². The molecule has 138 valence electrons. The summed E-state index contributed by atoms with van der Waals surface area (Å²) in [6.07, 6.45) is 0.452. The molecule has 1 aliphatic heterocycles. The maximum absolute atomic E-state index is 13.2. The van der Waals surface area contributed by atoms with E-state index in [1.807, 2.05) is 19.9 Å². The van der Waals surface area contributed by atoms with Gasteiger partial charge in [-0.15, -0.1) is 0 Å². The minimum absolute atomic E-state index is 0.192. The van der Waals surface area contributed by atoms with Gasteiger partial charge in [0.05, 0.1) is 18.0 Å². The fourth-order valence-electron chi connectivity index (χ4n) is 3.51. The number of Topliss-reactive ketones (excluding diaryl/α,β-unsaturated/α-hetero) is 1. The van der Waals surface area contributed by atoms with Crippen molar-refractivity contribution in [1.82, 2.24) is 4.31 Å². The molecule has 26 heavy (non-hydrogen) atoms. The fourth-order valence-corrected chi connectivity index (χ4v) is 5.30. The Kier molecular flexibility index (Phi) is 4.90. The SMILES string of the molecule is COc1ccc2c(c1)CC(C)N(S(=O)(=O)c1ccc(C)cc1)C(C)C2=O. The number of sulfonamides is 1. The van der Waals surface area contributed by atoms with Gasteiger partial charge in [0.1, 0.15) is 5.75 Å². The highest BCUT2D eigenvalue weighted by Gasteiger charge is 2.40. The van der Waals surface area contributed by atoms with Crippen LogP contribution in [0, 0.1) is 6.92 Å². The van der Waals surface area contributed by atoms with Crippen LogP contribution in [-0.2, 0) is 16.4 Å². The molecule has 5 nitrogen and oxygen atoms in total. The van der Waals surface area contributed by atoms with Gasteiger partial charge in [0.25, 0.3) is 0 Å². The standard InChI is InChI=1S/C20H23NO4S/c1-13-5-8-18(9-6-13)26(23,24)21-14(2)11-16-12-17(25-4)7-10-19(16)20(22)15(21)3/h5-10,12,14-15H,11H2,1-4H3. The molecule has 0 N–H and O–H groups in total. The molecule has 0 amide bonds. The number of hydrogen-bond donors (Lipinski definition) is 0. The lowest BCUT2D eigenvalue weighted by Crippen LogP contribution is -2.47. The lowest BCUT2D eigenvalue weighted by Gasteiger charge is -2.30. The lowest BCUT2D eigenvalue weighted by atomic mass is 9.98. The number of aryl methyl sites for hydroxylation is 1. The second-order valence-electron chi connectivity index (χ2n) is 6.76. The summed E-state index contributed by atoms with van der Waals surface area (Å²) >= 11 is 0. The van der Waals surface area contributed by atoms with Gasteiger partial charge in [0, 0.05) is 11.6 Å². The second-order valence-corrected chi connectivity index (χ2v) is 8.61. The zero-order chi connectivity index (χ0) is 19.1. The Morgan fingerprint density at radius 1 is 1.08 bits per heavy atom. The molecule has 0 spiro atoms. The second kappa shape index (κ2) is 6.85. The molecular formula is C20H23NO4S. The van der Waals surface area contributed by atoms with E-state index in [1.54, 1.807) is 50.4 Å². The Morgan fingerprint density at radius 3 is 2.35 bits per heavy atom. The van der Waals surface area contributed by atoms with E-state index in [4.69, 9.17) is 4.74 Å². The summed E-state index contributed by atoms with van der Waals surface area (Å²) in [6, 6.07) is 10.9. The number of benzene rings is 2. The zero-order valence-electron chi connectivity index (χ0n) is 15.4. The van der Waals surface area contributed by atoms with Crippen molar-refractivity contribution in [1.29, 1.82) is 0 Å². The molecule has 2 unspecified atom stereocenters. The average Bonchev–Trinajstić information content (AvgIpc) is 2.69. The molecule has 0 aliphatic carbocycles. The molecule has 0 saturated carbocycles. The average molecular weight is 373 g/mol. The smallest absolute Gasteiger partial charge is 0.243 e. The van der Waals surface area contributed by atoms with Crippen LogP contribution in [0.1, 0.15) is 35.3 Å². The first-order valence-electron chi connectivity index (χ1n) is 8.57. The van der Waals surface area contributed by atoms with E-state index in [0.29, 0.717) is 17.7 Å². The van der Waals surface area contributed by atoms with Crippen molar-refractivity contribution in [3.63, 3.8) is 0 Å². The summed E-state index contributed by atoms with van der Waals surface area (Å²) < 4.78 is 33.1. The normalized spacial score (nSPS) is 21.2. The summed E-state index contributed by atoms with van der Waals surface area (Å²) in [4.78, 5) is 13.2. The molecule has 2 aromatic carbocycles. The zero-order valence-corrected chi connectivity index (χ0v) is 16.2. The molecule has 0 bridgehead atoms. The summed E-state index contributed by atoms with van der Waals surface area (Å²) in [5.74, 6) is 0.467. The number of carbonyl (C=O) groups is 1. The van der Waals surface area contributed by atoms with Crippen LogP contribution in [0.5, 0.6) is 5.75 Å². The summed E-state index contributed by atoms with van der Waals surface area (Å²) in [5, 5.41) is 0. The van der Waals surface area contributed by atoms with Crippen molar-refractivity contribution in [3.8, 4) is 5.75 Å². The van der Waals surface area contributed by atoms with Crippen LogP contribution in [0.25, 0.3) is 0 Å². The van der Waals surface area contributed by atoms with Crippen LogP contribution in [-0.4, -0.2) is 37.7 Å². The summed E-state index contributed by atoms with van der Waals surface area (Å²) in [7, 11) is -2.22. The number of ether oxygens (including phenoxy) is 1. The van der Waals surface area contributed by atoms with Gasteiger partial charge >= 0.3 is 0 Å². The van der Waals surface area contributed by atoms with Crippen molar-refractivity contribution < 1.29 is 17.9 Å². The Balaban J connectivity index is 2.07. The van der Waals surface area contributed by atoms with Crippen molar-refractivity contribution in [2.24, 2.45) is 0 Å². The van der Waals surface area contributed by atoms with E-state index in [0.717, 1.165) is 11.1 Å².